The van der Waals surface area contributed by atoms with Gasteiger partial charge in [0.25, 0.3) is 0 Å². The molecule has 0 unspecified atom stereocenters. The summed E-state index contributed by atoms with van der Waals surface area (Å²) < 4.78 is 32.4. The first-order chi connectivity index (χ1) is 17.4. The van der Waals surface area contributed by atoms with Crippen molar-refractivity contribution in [3.63, 3.8) is 0 Å². The quantitative estimate of drug-likeness (QED) is 0.430. The largest absolute Gasteiger partial charge is 0.495 e. The molecule has 2 aromatic carbocycles. The molecular formula is C28H30F2N2O4. The van der Waals surface area contributed by atoms with Gasteiger partial charge in [0, 0.05) is 24.0 Å². The number of likely N-dealkylation sites (tertiary alicyclic amines) is 1. The number of carbonyl (C=O) groups is 1. The van der Waals surface area contributed by atoms with Gasteiger partial charge in [0.2, 0.25) is 0 Å². The number of halogens is 2. The summed E-state index contributed by atoms with van der Waals surface area (Å²) in [6.07, 6.45) is 5.81. The number of carboxylic acid groups (broad SMARTS) is 1. The Hall–Kier alpha value is -3.36. The number of aliphatic carboxylic acids is 1. The third-order valence-electron chi connectivity index (χ3n) is 6.92. The second kappa shape index (κ2) is 11.6. The number of aromatic nitrogens is 1. The van der Waals surface area contributed by atoms with E-state index in [0.29, 0.717) is 44.6 Å². The summed E-state index contributed by atoms with van der Waals surface area (Å²) in [5.41, 5.74) is 1.67. The highest BCUT2D eigenvalue weighted by Gasteiger charge is 2.34. The lowest BCUT2D eigenvalue weighted by atomic mass is 9.81. The van der Waals surface area contributed by atoms with Gasteiger partial charge in [-0.2, -0.15) is 0 Å². The monoisotopic (exact) mass is 496 g/mol. The van der Waals surface area contributed by atoms with E-state index in [4.69, 9.17) is 4.74 Å². The smallest absolute Gasteiger partial charge is 0.308 e. The van der Waals surface area contributed by atoms with Gasteiger partial charge >= 0.3 is 5.97 Å². The third kappa shape index (κ3) is 6.06. The number of carboxylic acids is 1. The maximum atomic E-state index is 13.8. The predicted molar refractivity (Wildman–Crippen MR) is 134 cm³/mol. The Labute approximate surface area is 208 Å². The SMILES string of the molecule is COc1cnc2cccc([C@@H](O)CC[C@@H]3CCN(CC=Cc4cc(F)ccc4F)C[C@@H]3C(=O)O)c2c1. The molecule has 1 aliphatic rings. The molecule has 6 nitrogen and oxygen atoms in total. The number of aliphatic hydroxyl groups excluding tert-OH is 1. The Bertz CT molecular complexity index is 1250. The molecular weight excluding hydrogens is 466 g/mol. The lowest BCUT2D eigenvalue weighted by Crippen LogP contribution is -2.44. The second-order valence-corrected chi connectivity index (χ2v) is 9.20. The average Bonchev–Trinajstić information content (AvgIpc) is 2.88. The fourth-order valence-corrected chi connectivity index (χ4v) is 4.91. The average molecular weight is 497 g/mol. The number of ether oxygens (including phenoxy) is 1. The van der Waals surface area contributed by atoms with Crippen LogP contribution in [0.3, 0.4) is 0 Å². The number of hydrogen-bond acceptors (Lipinski definition) is 5. The summed E-state index contributed by atoms with van der Waals surface area (Å²) in [6, 6.07) is 10.7. The van der Waals surface area contributed by atoms with Crippen molar-refractivity contribution in [1.82, 2.24) is 9.88 Å². The van der Waals surface area contributed by atoms with E-state index in [1.165, 1.54) is 6.08 Å². The number of benzene rings is 2. The molecule has 0 saturated carbocycles. The van der Waals surface area contributed by atoms with Crippen molar-refractivity contribution in [2.75, 3.05) is 26.7 Å². The summed E-state index contributed by atoms with van der Waals surface area (Å²) in [7, 11) is 1.57. The number of piperidine rings is 1. The minimum atomic E-state index is -0.863. The topological polar surface area (TPSA) is 82.9 Å². The summed E-state index contributed by atoms with van der Waals surface area (Å²) >= 11 is 0. The number of fused-ring (bicyclic) bond motifs is 1. The number of rotatable bonds is 9. The van der Waals surface area contributed by atoms with Crippen LogP contribution in [-0.4, -0.2) is 52.8 Å². The van der Waals surface area contributed by atoms with Crippen molar-refractivity contribution < 1.29 is 28.5 Å². The van der Waals surface area contributed by atoms with Crippen molar-refractivity contribution in [2.24, 2.45) is 11.8 Å². The van der Waals surface area contributed by atoms with Gasteiger partial charge < -0.3 is 14.9 Å². The van der Waals surface area contributed by atoms with Crippen LogP contribution in [0.1, 0.15) is 36.5 Å². The summed E-state index contributed by atoms with van der Waals surface area (Å²) in [5, 5.41) is 21.6. The van der Waals surface area contributed by atoms with Crippen LogP contribution in [0.25, 0.3) is 17.0 Å². The van der Waals surface area contributed by atoms with Crippen LogP contribution in [0, 0.1) is 23.5 Å². The van der Waals surface area contributed by atoms with Gasteiger partial charge in [-0.1, -0.05) is 24.3 Å². The Balaban J connectivity index is 1.37. The van der Waals surface area contributed by atoms with Crippen LogP contribution >= 0.6 is 0 Å². The molecule has 0 radical (unpaired) electrons. The van der Waals surface area contributed by atoms with E-state index in [0.717, 1.165) is 34.7 Å². The molecule has 2 N–H and O–H groups in total. The lowest BCUT2D eigenvalue weighted by Gasteiger charge is -2.36. The third-order valence-corrected chi connectivity index (χ3v) is 6.92. The van der Waals surface area contributed by atoms with E-state index in [9.17, 15) is 23.8 Å². The number of nitrogens with zero attached hydrogens (tertiary/aromatic N) is 2. The standard InChI is InChI=1S/C28H30F2N2O4/c1-36-21-15-23-22(5-2-6-26(23)31-16-21)27(33)10-7-18-11-13-32(17-24(18)28(34)35)12-3-4-19-14-20(29)8-9-25(19)30/h2-6,8-9,14-16,18,24,27,33H,7,10-13,17H2,1H3,(H,34,35)/t18-,24+,27+/m1/s1. The molecule has 0 amide bonds. The van der Waals surface area contributed by atoms with Gasteiger partial charge in [0.15, 0.2) is 0 Å². The minimum absolute atomic E-state index is 0.0688. The Morgan fingerprint density at radius 3 is 2.89 bits per heavy atom. The Morgan fingerprint density at radius 1 is 1.28 bits per heavy atom. The zero-order valence-electron chi connectivity index (χ0n) is 20.1. The molecule has 4 rings (SSSR count). The van der Waals surface area contributed by atoms with Crippen LogP contribution in [0.4, 0.5) is 8.78 Å². The van der Waals surface area contributed by atoms with Gasteiger partial charge in [-0.25, -0.2) is 8.78 Å². The Morgan fingerprint density at radius 2 is 2.11 bits per heavy atom. The molecule has 0 bridgehead atoms. The maximum absolute atomic E-state index is 13.8. The first kappa shape index (κ1) is 25.7. The molecule has 190 valence electrons. The molecule has 3 aromatic rings. The van der Waals surface area contributed by atoms with Crippen LogP contribution in [0.2, 0.25) is 0 Å². The normalized spacial score (nSPS) is 19.6. The molecule has 1 aliphatic heterocycles. The fourth-order valence-electron chi connectivity index (χ4n) is 4.91. The number of methoxy groups -OCH3 is 1. The number of aliphatic hydroxyl groups is 1. The van der Waals surface area contributed by atoms with Gasteiger partial charge in [-0.05, 0) is 67.6 Å². The molecule has 0 spiro atoms. The van der Waals surface area contributed by atoms with Crippen molar-refractivity contribution in [3.05, 3.63) is 77.5 Å². The van der Waals surface area contributed by atoms with E-state index < -0.39 is 29.6 Å². The number of hydrogen-bond donors (Lipinski definition) is 2. The highest BCUT2D eigenvalue weighted by atomic mass is 19.1. The summed E-state index contributed by atoms with van der Waals surface area (Å²) in [6.45, 7) is 1.50. The molecule has 2 heterocycles. The molecule has 1 aromatic heterocycles. The van der Waals surface area contributed by atoms with Crippen LogP contribution in [-0.2, 0) is 4.79 Å². The van der Waals surface area contributed by atoms with Gasteiger partial charge in [0.1, 0.15) is 17.4 Å². The lowest BCUT2D eigenvalue weighted by molar-refractivity contribution is -0.146. The van der Waals surface area contributed by atoms with Crippen molar-refractivity contribution in [2.45, 2.75) is 25.4 Å². The minimum Gasteiger partial charge on any atom is -0.495 e. The van der Waals surface area contributed by atoms with E-state index >= 15 is 0 Å². The van der Waals surface area contributed by atoms with Gasteiger partial charge in [-0.3, -0.25) is 14.7 Å². The maximum Gasteiger partial charge on any atom is 0.308 e. The van der Waals surface area contributed by atoms with Gasteiger partial charge in [0.05, 0.1) is 30.8 Å². The van der Waals surface area contributed by atoms with Crippen molar-refractivity contribution >= 4 is 22.9 Å². The highest BCUT2D eigenvalue weighted by molar-refractivity contribution is 5.83. The van der Waals surface area contributed by atoms with E-state index in [-0.39, 0.29) is 11.5 Å². The van der Waals surface area contributed by atoms with E-state index in [2.05, 4.69) is 4.98 Å². The number of pyridine rings is 1. The second-order valence-electron chi connectivity index (χ2n) is 9.20. The van der Waals surface area contributed by atoms with Crippen LogP contribution in [0.5, 0.6) is 5.75 Å². The zero-order valence-corrected chi connectivity index (χ0v) is 20.1. The van der Waals surface area contributed by atoms with E-state index in [1.54, 1.807) is 19.4 Å². The summed E-state index contributed by atoms with van der Waals surface area (Å²) in [5.74, 6) is -1.91. The predicted octanol–water partition coefficient (Wildman–Crippen LogP) is 5.07. The van der Waals surface area contributed by atoms with E-state index in [1.807, 2.05) is 29.2 Å². The molecule has 8 heteroatoms. The molecule has 3 atom stereocenters. The first-order valence-electron chi connectivity index (χ1n) is 12.0. The van der Waals surface area contributed by atoms with Gasteiger partial charge in [-0.15, -0.1) is 0 Å². The molecule has 0 aliphatic carbocycles. The molecule has 1 saturated heterocycles. The summed E-state index contributed by atoms with van der Waals surface area (Å²) in [4.78, 5) is 18.4. The van der Waals surface area contributed by atoms with Crippen molar-refractivity contribution in [3.8, 4) is 5.75 Å². The Kier molecular flexibility index (Phi) is 8.28. The fraction of sp³-hybridized carbons (Fsp3) is 0.357. The van der Waals surface area contributed by atoms with Crippen LogP contribution in [0.15, 0.2) is 54.7 Å². The molecule has 36 heavy (non-hydrogen) atoms. The highest BCUT2D eigenvalue weighted by Crippen LogP contribution is 2.33. The molecule has 1 fully saturated rings. The van der Waals surface area contributed by atoms with Crippen molar-refractivity contribution in [1.29, 1.82) is 0 Å². The zero-order chi connectivity index (χ0) is 25.7. The first-order valence-corrected chi connectivity index (χ1v) is 12.0. The van der Waals surface area contributed by atoms with Crippen LogP contribution < -0.4 is 4.74 Å².